The highest BCUT2D eigenvalue weighted by atomic mass is 16.3. The zero-order valence-electron chi connectivity index (χ0n) is 13.1. The average Bonchev–Trinajstić information content (AvgIpc) is 2.86. The van der Waals surface area contributed by atoms with Gasteiger partial charge in [-0.3, -0.25) is 5.10 Å². The van der Waals surface area contributed by atoms with Crippen LogP contribution < -0.4 is 5.32 Å². The van der Waals surface area contributed by atoms with Crippen LogP contribution in [0.3, 0.4) is 0 Å². The molecule has 0 spiro atoms. The molecule has 0 saturated carbocycles. The van der Waals surface area contributed by atoms with Crippen LogP contribution in [-0.2, 0) is 6.54 Å². The largest absolute Gasteiger partial charge is 0.392 e. The highest BCUT2D eigenvalue weighted by Gasteiger charge is 2.10. The summed E-state index contributed by atoms with van der Waals surface area (Å²) in [6.07, 6.45) is 2.38. The van der Waals surface area contributed by atoms with Gasteiger partial charge in [0.2, 0.25) is 0 Å². The normalized spacial score (nSPS) is 12.8. The summed E-state index contributed by atoms with van der Waals surface area (Å²) in [5.41, 5.74) is 4.54. The lowest BCUT2D eigenvalue weighted by molar-refractivity contribution is 0.146. The van der Waals surface area contributed by atoms with Gasteiger partial charge >= 0.3 is 0 Å². The molecule has 0 aliphatic carbocycles. The molecule has 1 atom stereocenters. The van der Waals surface area contributed by atoms with Gasteiger partial charge in [0, 0.05) is 24.2 Å². The predicted molar refractivity (Wildman–Crippen MR) is 85.9 cm³/mol. The van der Waals surface area contributed by atoms with Crippen LogP contribution in [0, 0.1) is 12.8 Å². The van der Waals surface area contributed by atoms with Crippen LogP contribution in [0.5, 0.6) is 0 Å². The Hall–Kier alpha value is -1.65. The van der Waals surface area contributed by atoms with Crippen molar-refractivity contribution in [3.63, 3.8) is 0 Å². The molecule has 1 heterocycles. The fraction of sp³-hybridized carbons (Fsp3) is 0.471. The molecule has 21 heavy (non-hydrogen) atoms. The van der Waals surface area contributed by atoms with Crippen molar-refractivity contribution in [2.75, 3.05) is 6.54 Å². The van der Waals surface area contributed by atoms with E-state index >= 15 is 0 Å². The molecule has 4 heteroatoms. The van der Waals surface area contributed by atoms with Crippen molar-refractivity contribution < 1.29 is 5.11 Å². The SMILES string of the molecule is Cc1cccc(-c2[nH]ncc2CNCC(O)CC(C)C)c1. The number of aliphatic hydroxyl groups excluding tert-OH is 1. The van der Waals surface area contributed by atoms with Crippen LogP contribution in [0.2, 0.25) is 0 Å². The van der Waals surface area contributed by atoms with E-state index in [2.05, 4.69) is 60.6 Å². The lowest BCUT2D eigenvalue weighted by Crippen LogP contribution is -2.27. The van der Waals surface area contributed by atoms with Crippen LogP contribution in [0.25, 0.3) is 11.3 Å². The van der Waals surface area contributed by atoms with Gasteiger partial charge in [-0.2, -0.15) is 5.10 Å². The summed E-state index contributed by atoms with van der Waals surface area (Å²) in [5, 5.41) is 20.4. The molecule has 0 amide bonds. The van der Waals surface area contributed by atoms with E-state index in [4.69, 9.17) is 0 Å². The summed E-state index contributed by atoms with van der Waals surface area (Å²) in [6.45, 7) is 7.63. The number of hydrogen-bond donors (Lipinski definition) is 3. The molecule has 4 nitrogen and oxygen atoms in total. The molecule has 3 N–H and O–H groups in total. The Balaban J connectivity index is 1.95. The summed E-state index contributed by atoms with van der Waals surface area (Å²) < 4.78 is 0. The van der Waals surface area contributed by atoms with Gasteiger partial charge in [0.1, 0.15) is 0 Å². The van der Waals surface area contributed by atoms with Gasteiger partial charge in [0.15, 0.2) is 0 Å². The zero-order chi connectivity index (χ0) is 15.2. The maximum Gasteiger partial charge on any atom is 0.0695 e. The molecule has 0 bridgehead atoms. The van der Waals surface area contributed by atoms with Crippen molar-refractivity contribution in [3.8, 4) is 11.3 Å². The zero-order valence-corrected chi connectivity index (χ0v) is 13.1. The molecule has 2 aromatic rings. The van der Waals surface area contributed by atoms with Crippen LogP contribution >= 0.6 is 0 Å². The first-order valence-electron chi connectivity index (χ1n) is 7.54. The maximum absolute atomic E-state index is 9.89. The van der Waals surface area contributed by atoms with E-state index in [9.17, 15) is 5.11 Å². The van der Waals surface area contributed by atoms with E-state index in [1.54, 1.807) is 0 Å². The third kappa shape index (κ3) is 4.69. The van der Waals surface area contributed by atoms with E-state index in [1.807, 2.05) is 6.20 Å². The number of nitrogens with zero attached hydrogens (tertiary/aromatic N) is 1. The van der Waals surface area contributed by atoms with E-state index in [0.29, 0.717) is 19.0 Å². The van der Waals surface area contributed by atoms with Gasteiger partial charge in [0.05, 0.1) is 18.0 Å². The van der Waals surface area contributed by atoms with Gasteiger partial charge in [-0.15, -0.1) is 0 Å². The molecule has 1 aromatic heterocycles. The van der Waals surface area contributed by atoms with E-state index in [-0.39, 0.29) is 6.10 Å². The van der Waals surface area contributed by atoms with Gasteiger partial charge < -0.3 is 10.4 Å². The Bertz CT molecular complexity index is 563. The van der Waals surface area contributed by atoms with E-state index < -0.39 is 0 Å². The first kappa shape index (κ1) is 15.7. The molecule has 0 fully saturated rings. The minimum atomic E-state index is -0.292. The molecule has 114 valence electrons. The fourth-order valence-electron chi connectivity index (χ4n) is 2.50. The second-order valence-corrected chi connectivity index (χ2v) is 6.05. The number of aromatic nitrogens is 2. The van der Waals surface area contributed by atoms with Crippen molar-refractivity contribution in [1.82, 2.24) is 15.5 Å². The topological polar surface area (TPSA) is 60.9 Å². The highest BCUT2D eigenvalue weighted by molar-refractivity contribution is 5.63. The highest BCUT2D eigenvalue weighted by Crippen LogP contribution is 2.21. The number of hydrogen-bond acceptors (Lipinski definition) is 3. The van der Waals surface area contributed by atoms with Crippen LogP contribution in [0.15, 0.2) is 30.5 Å². The first-order chi connectivity index (χ1) is 10.1. The molecule has 1 unspecified atom stereocenters. The number of aryl methyl sites for hydroxylation is 1. The first-order valence-corrected chi connectivity index (χ1v) is 7.54. The van der Waals surface area contributed by atoms with Crippen molar-refractivity contribution >= 4 is 0 Å². The summed E-state index contributed by atoms with van der Waals surface area (Å²) >= 11 is 0. The summed E-state index contributed by atoms with van der Waals surface area (Å²) in [6, 6.07) is 8.36. The maximum atomic E-state index is 9.89. The smallest absolute Gasteiger partial charge is 0.0695 e. The fourth-order valence-corrected chi connectivity index (χ4v) is 2.50. The number of rotatable bonds is 7. The van der Waals surface area contributed by atoms with Gasteiger partial charge in [0.25, 0.3) is 0 Å². The molecule has 0 aliphatic rings. The van der Waals surface area contributed by atoms with Crippen molar-refractivity contribution in [1.29, 1.82) is 0 Å². The molecule has 0 aliphatic heterocycles. The van der Waals surface area contributed by atoms with E-state index in [1.165, 1.54) is 5.56 Å². The number of aliphatic hydroxyl groups is 1. The van der Waals surface area contributed by atoms with Gasteiger partial charge in [-0.25, -0.2) is 0 Å². The van der Waals surface area contributed by atoms with Crippen molar-refractivity contribution in [2.24, 2.45) is 5.92 Å². The number of benzene rings is 1. The Morgan fingerprint density at radius 2 is 2.14 bits per heavy atom. The monoisotopic (exact) mass is 287 g/mol. The molecule has 0 saturated heterocycles. The Morgan fingerprint density at radius 3 is 2.86 bits per heavy atom. The lowest BCUT2D eigenvalue weighted by Gasteiger charge is -2.14. The third-order valence-electron chi connectivity index (χ3n) is 3.46. The summed E-state index contributed by atoms with van der Waals surface area (Å²) in [5.74, 6) is 0.513. The predicted octanol–water partition coefficient (Wildman–Crippen LogP) is 2.88. The number of H-pyrrole nitrogens is 1. The minimum Gasteiger partial charge on any atom is -0.392 e. The van der Waals surface area contributed by atoms with Gasteiger partial charge in [-0.1, -0.05) is 37.6 Å². The quantitative estimate of drug-likeness (QED) is 0.734. The minimum absolute atomic E-state index is 0.292. The summed E-state index contributed by atoms with van der Waals surface area (Å²) in [4.78, 5) is 0. The molecular weight excluding hydrogens is 262 g/mol. The number of aromatic amines is 1. The van der Waals surface area contributed by atoms with Gasteiger partial charge in [-0.05, 0) is 25.3 Å². The second kappa shape index (κ2) is 7.38. The number of nitrogens with one attached hydrogen (secondary N) is 2. The van der Waals surface area contributed by atoms with Crippen molar-refractivity contribution in [3.05, 3.63) is 41.6 Å². The lowest BCUT2D eigenvalue weighted by atomic mass is 10.0. The average molecular weight is 287 g/mol. The van der Waals surface area contributed by atoms with Crippen molar-refractivity contribution in [2.45, 2.75) is 39.8 Å². The Labute approximate surface area is 126 Å². The summed E-state index contributed by atoms with van der Waals surface area (Å²) in [7, 11) is 0. The van der Waals surface area contributed by atoms with E-state index in [0.717, 1.165) is 23.2 Å². The van der Waals surface area contributed by atoms with Crippen LogP contribution in [0.1, 0.15) is 31.4 Å². The molecule has 0 radical (unpaired) electrons. The standard InChI is InChI=1S/C17H25N3O/c1-12(2)7-16(21)11-18-9-15-10-19-20-17(15)14-6-4-5-13(3)8-14/h4-6,8,10,12,16,18,21H,7,9,11H2,1-3H3,(H,19,20). The van der Waals surface area contributed by atoms with Crippen LogP contribution in [-0.4, -0.2) is 28.0 Å². The van der Waals surface area contributed by atoms with Crippen LogP contribution in [0.4, 0.5) is 0 Å². The Kier molecular flexibility index (Phi) is 5.53. The Morgan fingerprint density at radius 1 is 1.33 bits per heavy atom. The third-order valence-corrected chi connectivity index (χ3v) is 3.46. The molecular formula is C17H25N3O. The molecule has 1 aromatic carbocycles. The second-order valence-electron chi connectivity index (χ2n) is 6.05. The molecule has 2 rings (SSSR count).